The number of allylic oxidation sites excluding steroid dienone is 1. The van der Waals surface area contributed by atoms with Gasteiger partial charge in [-0.3, -0.25) is 9.59 Å². The highest BCUT2D eigenvalue weighted by Crippen LogP contribution is 2.30. The first-order valence-electron chi connectivity index (χ1n) is 8.37. The zero-order valence-corrected chi connectivity index (χ0v) is 14.3. The summed E-state index contributed by atoms with van der Waals surface area (Å²) in [6, 6.07) is 7.38. The van der Waals surface area contributed by atoms with Crippen LogP contribution in [0.5, 0.6) is 0 Å². The monoisotopic (exact) mass is 361 g/mol. The molecule has 0 saturated heterocycles. The van der Waals surface area contributed by atoms with E-state index in [4.69, 9.17) is 4.74 Å². The maximum absolute atomic E-state index is 11.8. The molecule has 1 aliphatic carbocycles. The molecule has 1 aliphatic heterocycles. The van der Waals surface area contributed by atoms with E-state index in [1.807, 2.05) is 30.3 Å². The molecule has 0 unspecified atom stereocenters. The highest BCUT2D eigenvalue weighted by atomic mass is 16.5. The van der Waals surface area contributed by atoms with Crippen molar-refractivity contribution in [2.24, 2.45) is 9.98 Å². The SMILES string of the molecule is O=C1C=NC(=O)COC2=Cc3c(ncnc3Nc3ccccc3C=N1)CC2. The summed E-state index contributed by atoms with van der Waals surface area (Å²) in [6.07, 6.45) is 6.96. The molecule has 4 rings (SSSR count). The number of nitrogens with zero attached hydrogens (tertiary/aromatic N) is 4. The Morgan fingerprint density at radius 3 is 2.81 bits per heavy atom. The fraction of sp³-hybridized carbons (Fsp3) is 0.158. The number of hydrogen-bond acceptors (Lipinski definition) is 6. The molecule has 2 heterocycles. The van der Waals surface area contributed by atoms with Gasteiger partial charge >= 0.3 is 0 Å². The summed E-state index contributed by atoms with van der Waals surface area (Å²) in [7, 11) is 0. The molecule has 1 N–H and O–H groups in total. The summed E-state index contributed by atoms with van der Waals surface area (Å²) in [6.45, 7) is -0.245. The van der Waals surface area contributed by atoms with E-state index >= 15 is 0 Å². The van der Waals surface area contributed by atoms with Crippen molar-refractivity contribution in [3.63, 3.8) is 0 Å². The average Bonchev–Trinajstić information content (AvgIpc) is 2.70. The summed E-state index contributed by atoms with van der Waals surface area (Å²) in [5.74, 6) is 0.0846. The molecule has 0 radical (unpaired) electrons. The van der Waals surface area contributed by atoms with Gasteiger partial charge in [-0.1, -0.05) is 18.2 Å². The third-order valence-electron chi connectivity index (χ3n) is 4.12. The minimum absolute atomic E-state index is 0.245. The molecule has 0 saturated carbocycles. The molecule has 27 heavy (non-hydrogen) atoms. The van der Waals surface area contributed by atoms with E-state index < -0.39 is 11.8 Å². The zero-order chi connectivity index (χ0) is 18.6. The van der Waals surface area contributed by atoms with Crippen LogP contribution in [0.25, 0.3) is 6.08 Å². The Bertz CT molecular complexity index is 1010. The Morgan fingerprint density at radius 2 is 1.89 bits per heavy atom. The summed E-state index contributed by atoms with van der Waals surface area (Å²) < 4.78 is 5.55. The molecular weight excluding hydrogens is 346 g/mol. The third-order valence-corrected chi connectivity index (χ3v) is 4.12. The van der Waals surface area contributed by atoms with Gasteiger partial charge in [-0.05, 0) is 18.6 Å². The lowest BCUT2D eigenvalue weighted by Gasteiger charge is -2.19. The van der Waals surface area contributed by atoms with Crippen LogP contribution in [0, 0.1) is 0 Å². The number of carbonyl (C=O) groups excluding carboxylic acids is 2. The van der Waals surface area contributed by atoms with Crippen LogP contribution in [0.1, 0.15) is 23.2 Å². The second-order valence-electron chi connectivity index (χ2n) is 5.94. The quantitative estimate of drug-likeness (QED) is 0.770. The van der Waals surface area contributed by atoms with Crippen LogP contribution in [-0.4, -0.2) is 40.8 Å². The van der Waals surface area contributed by atoms with Crippen molar-refractivity contribution in [1.82, 2.24) is 9.97 Å². The number of rotatable bonds is 0. The van der Waals surface area contributed by atoms with Gasteiger partial charge in [0.15, 0.2) is 6.61 Å². The fourth-order valence-electron chi connectivity index (χ4n) is 2.81. The molecule has 0 atom stereocenters. The smallest absolute Gasteiger partial charge is 0.288 e. The van der Waals surface area contributed by atoms with E-state index in [2.05, 4.69) is 25.3 Å². The van der Waals surface area contributed by atoms with Crippen LogP contribution in [0.4, 0.5) is 11.5 Å². The van der Waals surface area contributed by atoms with Crippen molar-refractivity contribution < 1.29 is 14.3 Å². The number of carbonyl (C=O) groups is 2. The van der Waals surface area contributed by atoms with Crippen molar-refractivity contribution >= 4 is 41.8 Å². The molecule has 1 aromatic carbocycles. The van der Waals surface area contributed by atoms with Gasteiger partial charge in [-0.15, -0.1) is 0 Å². The molecule has 2 aromatic rings. The molecule has 2 aliphatic rings. The molecule has 134 valence electrons. The number of para-hydroxylation sites is 1. The van der Waals surface area contributed by atoms with E-state index in [0.717, 1.165) is 23.2 Å². The Hall–Kier alpha value is -3.68. The van der Waals surface area contributed by atoms with Crippen LogP contribution >= 0.6 is 0 Å². The lowest BCUT2D eigenvalue weighted by molar-refractivity contribution is -0.121. The van der Waals surface area contributed by atoms with Crippen LogP contribution in [0.3, 0.4) is 0 Å². The number of amides is 2. The minimum Gasteiger partial charge on any atom is -0.488 e. The van der Waals surface area contributed by atoms with Crippen molar-refractivity contribution in [2.75, 3.05) is 11.9 Å². The van der Waals surface area contributed by atoms with Gasteiger partial charge in [-0.2, -0.15) is 0 Å². The molecular formula is C19H15N5O3. The maximum Gasteiger partial charge on any atom is 0.288 e. The standard InChI is InChI=1S/C19H15N5O3/c25-17-9-21-18(26)10-27-13-5-6-16-14(7-13)19(23-11-22-16)24-15-4-2-1-3-12(15)8-20-17/h1-4,7-9,11H,5-6,10H2,(H,22,23,24). The number of fused-ring (bicyclic) bond motifs is 1. The average molecular weight is 361 g/mol. The van der Waals surface area contributed by atoms with E-state index in [1.165, 1.54) is 12.5 Å². The van der Waals surface area contributed by atoms with Crippen LogP contribution in [0.2, 0.25) is 0 Å². The second-order valence-corrected chi connectivity index (χ2v) is 5.94. The molecule has 1 aromatic heterocycles. The molecule has 8 nitrogen and oxygen atoms in total. The molecule has 2 bridgehead atoms. The molecule has 0 fully saturated rings. The van der Waals surface area contributed by atoms with Gasteiger partial charge in [-0.25, -0.2) is 20.0 Å². The molecule has 2 amide bonds. The lowest BCUT2D eigenvalue weighted by Crippen LogP contribution is -2.12. The Morgan fingerprint density at radius 1 is 1.00 bits per heavy atom. The second kappa shape index (κ2) is 7.28. The van der Waals surface area contributed by atoms with Crippen molar-refractivity contribution in [3.05, 3.63) is 53.2 Å². The van der Waals surface area contributed by atoms with Gasteiger partial charge in [0.2, 0.25) is 0 Å². The van der Waals surface area contributed by atoms with Crippen LogP contribution in [-0.2, 0) is 20.7 Å². The van der Waals surface area contributed by atoms with Gasteiger partial charge in [0.1, 0.15) is 12.1 Å². The Balaban J connectivity index is 1.81. The van der Waals surface area contributed by atoms with Gasteiger partial charge in [0.05, 0.1) is 17.7 Å². The predicted molar refractivity (Wildman–Crippen MR) is 100 cm³/mol. The Kier molecular flexibility index (Phi) is 4.52. The Labute approximate surface area is 154 Å². The predicted octanol–water partition coefficient (Wildman–Crippen LogP) is 2.08. The highest BCUT2D eigenvalue weighted by molar-refractivity contribution is 6.30. The number of aryl methyl sites for hydroxylation is 1. The normalized spacial score (nSPS) is 16.4. The van der Waals surface area contributed by atoms with E-state index in [-0.39, 0.29) is 6.61 Å². The number of hydrogen-bond donors (Lipinski definition) is 1. The minimum atomic E-state index is -0.627. The number of aliphatic imine (C=N–C) groups is 2. The summed E-state index contributed by atoms with van der Waals surface area (Å²) in [4.78, 5) is 39.7. The van der Waals surface area contributed by atoms with Gasteiger partial charge < -0.3 is 10.1 Å². The van der Waals surface area contributed by atoms with Crippen molar-refractivity contribution in [1.29, 1.82) is 0 Å². The van der Waals surface area contributed by atoms with E-state index in [9.17, 15) is 9.59 Å². The van der Waals surface area contributed by atoms with E-state index in [1.54, 1.807) is 0 Å². The number of benzene rings is 1. The first-order valence-corrected chi connectivity index (χ1v) is 8.37. The first kappa shape index (κ1) is 16.8. The number of nitrogens with one attached hydrogen (secondary N) is 1. The van der Waals surface area contributed by atoms with Gasteiger partial charge in [0, 0.05) is 29.4 Å². The van der Waals surface area contributed by atoms with Gasteiger partial charge in [0.25, 0.3) is 11.8 Å². The van der Waals surface area contributed by atoms with Crippen molar-refractivity contribution in [3.8, 4) is 0 Å². The van der Waals surface area contributed by atoms with Crippen molar-refractivity contribution in [2.45, 2.75) is 12.8 Å². The summed E-state index contributed by atoms with van der Waals surface area (Å²) in [5.41, 5.74) is 3.14. The van der Waals surface area contributed by atoms with E-state index in [0.29, 0.717) is 30.0 Å². The van der Waals surface area contributed by atoms with Crippen LogP contribution < -0.4 is 5.32 Å². The summed E-state index contributed by atoms with van der Waals surface area (Å²) in [5, 5.41) is 3.28. The third kappa shape index (κ3) is 3.79. The first-order chi connectivity index (χ1) is 13.2. The van der Waals surface area contributed by atoms with Crippen LogP contribution in [0.15, 0.2) is 46.3 Å². The zero-order valence-electron chi connectivity index (χ0n) is 14.3. The lowest BCUT2D eigenvalue weighted by atomic mass is 10.0. The number of ether oxygens (including phenoxy) is 1. The topological polar surface area (TPSA) is 106 Å². The maximum atomic E-state index is 11.8. The summed E-state index contributed by atoms with van der Waals surface area (Å²) >= 11 is 0. The number of aromatic nitrogens is 2. The fourth-order valence-corrected chi connectivity index (χ4v) is 2.81. The highest BCUT2D eigenvalue weighted by Gasteiger charge is 2.18. The molecule has 0 spiro atoms. The number of anilines is 2. The largest absolute Gasteiger partial charge is 0.488 e. The molecule has 8 heteroatoms.